The van der Waals surface area contributed by atoms with Crippen LogP contribution in [0.2, 0.25) is 0 Å². The first kappa shape index (κ1) is 13.5. The number of fused-ring (bicyclic) bond motifs is 1. The fourth-order valence-corrected chi connectivity index (χ4v) is 2.45. The summed E-state index contributed by atoms with van der Waals surface area (Å²) in [5.74, 6) is -0.329. The van der Waals surface area contributed by atoms with E-state index in [2.05, 4.69) is 20.1 Å². The van der Waals surface area contributed by atoms with Crippen molar-refractivity contribution < 1.29 is 4.39 Å². The van der Waals surface area contributed by atoms with Gasteiger partial charge in [-0.05, 0) is 37.3 Å². The summed E-state index contributed by atoms with van der Waals surface area (Å²) in [7, 11) is 0. The van der Waals surface area contributed by atoms with Crippen LogP contribution >= 0.6 is 0 Å². The normalized spacial score (nSPS) is 11.0. The van der Waals surface area contributed by atoms with Crippen LogP contribution in [0.3, 0.4) is 0 Å². The number of rotatable bonds is 2. The van der Waals surface area contributed by atoms with E-state index in [9.17, 15) is 4.39 Å². The zero-order chi connectivity index (χ0) is 15.8. The molecule has 4 rings (SSSR count). The molecule has 4 heterocycles. The molecule has 0 amide bonds. The van der Waals surface area contributed by atoms with E-state index in [1.165, 1.54) is 6.07 Å². The Kier molecular flexibility index (Phi) is 3.08. The van der Waals surface area contributed by atoms with Gasteiger partial charge in [-0.3, -0.25) is 4.98 Å². The van der Waals surface area contributed by atoms with Crippen molar-refractivity contribution in [2.24, 2.45) is 0 Å². The largest absolute Gasteiger partial charge is 0.254 e. The molecule has 0 fully saturated rings. The molecule has 0 aliphatic carbocycles. The van der Waals surface area contributed by atoms with Gasteiger partial charge in [0.25, 0.3) is 0 Å². The molecular weight excluding hydrogens is 293 g/mol. The molecule has 4 aromatic rings. The Hall–Kier alpha value is -3.15. The Morgan fingerprint density at radius 1 is 0.957 bits per heavy atom. The number of hydrogen-bond acceptors (Lipinski definition) is 4. The molecule has 0 radical (unpaired) electrons. The van der Waals surface area contributed by atoms with Crippen LogP contribution in [0.15, 0.2) is 55.0 Å². The summed E-state index contributed by atoms with van der Waals surface area (Å²) in [4.78, 5) is 13.3. The second-order valence-corrected chi connectivity index (χ2v) is 5.11. The maximum Gasteiger partial charge on any atom is 0.155 e. The topological polar surface area (TPSA) is 56.0 Å². The Labute approximate surface area is 131 Å². The van der Waals surface area contributed by atoms with Gasteiger partial charge in [0.05, 0.1) is 29.0 Å². The van der Waals surface area contributed by atoms with Crippen LogP contribution in [-0.2, 0) is 0 Å². The number of nitrogens with zero attached hydrogens (tertiary/aromatic N) is 5. The number of aromatic nitrogens is 5. The molecule has 0 unspecified atom stereocenters. The second kappa shape index (κ2) is 5.24. The molecule has 0 aromatic carbocycles. The summed E-state index contributed by atoms with van der Waals surface area (Å²) in [6.07, 6.45) is 5.23. The van der Waals surface area contributed by atoms with E-state index < -0.39 is 0 Å². The zero-order valence-electron chi connectivity index (χ0n) is 12.3. The van der Waals surface area contributed by atoms with E-state index in [-0.39, 0.29) is 5.82 Å². The Bertz CT molecular complexity index is 1010. The summed E-state index contributed by atoms with van der Waals surface area (Å²) in [6.45, 7) is 1.64. The van der Waals surface area contributed by atoms with Gasteiger partial charge in [0.1, 0.15) is 5.82 Å². The Morgan fingerprint density at radius 2 is 1.87 bits per heavy atom. The lowest BCUT2D eigenvalue weighted by Gasteiger charge is -2.08. The Balaban J connectivity index is 1.90. The average molecular weight is 305 g/mol. The van der Waals surface area contributed by atoms with Gasteiger partial charge in [-0.1, -0.05) is 0 Å². The molecule has 0 saturated carbocycles. The lowest BCUT2D eigenvalue weighted by Crippen LogP contribution is -1.97. The highest BCUT2D eigenvalue weighted by Gasteiger charge is 2.12. The minimum Gasteiger partial charge on any atom is -0.254 e. The van der Waals surface area contributed by atoms with E-state index in [0.717, 1.165) is 16.9 Å². The van der Waals surface area contributed by atoms with Gasteiger partial charge in [0, 0.05) is 24.0 Å². The van der Waals surface area contributed by atoms with Crippen molar-refractivity contribution in [2.45, 2.75) is 6.92 Å². The van der Waals surface area contributed by atoms with Gasteiger partial charge in [-0.2, -0.15) is 5.10 Å². The van der Waals surface area contributed by atoms with Crippen molar-refractivity contribution >= 4 is 5.65 Å². The van der Waals surface area contributed by atoms with Gasteiger partial charge in [-0.15, -0.1) is 0 Å². The Morgan fingerprint density at radius 3 is 2.74 bits per heavy atom. The van der Waals surface area contributed by atoms with Crippen LogP contribution in [0.4, 0.5) is 4.39 Å². The van der Waals surface area contributed by atoms with Crippen molar-refractivity contribution in [1.29, 1.82) is 0 Å². The molecule has 0 spiro atoms. The van der Waals surface area contributed by atoms with Crippen molar-refractivity contribution in [1.82, 2.24) is 24.6 Å². The van der Waals surface area contributed by atoms with E-state index in [0.29, 0.717) is 17.1 Å². The lowest BCUT2D eigenvalue weighted by molar-refractivity contribution is 0.610. The molecule has 0 aliphatic heterocycles. The molecule has 5 nitrogen and oxygen atoms in total. The first-order chi connectivity index (χ1) is 11.2. The van der Waals surface area contributed by atoms with E-state index >= 15 is 0 Å². The smallest absolute Gasteiger partial charge is 0.155 e. The quantitative estimate of drug-likeness (QED) is 0.570. The minimum absolute atomic E-state index is 0.329. The molecule has 0 N–H and O–H groups in total. The lowest BCUT2D eigenvalue weighted by atomic mass is 10.1. The van der Waals surface area contributed by atoms with Crippen LogP contribution < -0.4 is 0 Å². The van der Waals surface area contributed by atoms with Gasteiger partial charge in [0.2, 0.25) is 0 Å². The highest BCUT2D eigenvalue weighted by atomic mass is 19.1. The van der Waals surface area contributed by atoms with Crippen molar-refractivity contribution in [3.8, 4) is 22.6 Å². The SMILES string of the molecule is Cc1nc(-c2ncccc2-c2ccn3nccc3n2)ccc1F. The molecule has 112 valence electrons. The second-order valence-electron chi connectivity index (χ2n) is 5.11. The van der Waals surface area contributed by atoms with Gasteiger partial charge < -0.3 is 0 Å². The zero-order valence-corrected chi connectivity index (χ0v) is 12.3. The van der Waals surface area contributed by atoms with Crippen molar-refractivity contribution in [3.63, 3.8) is 0 Å². The monoisotopic (exact) mass is 305 g/mol. The van der Waals surface area contributed by atoms with Crippen molar-refractivity contribution in [3.05, 3.63) is 66.5 Å². The van der Waals surface area contributed by atoms with Crippen LogP contribution in [0.1, 0.15) is 5.69 Å². The van der Waals surface area contributed by atoms with Gasteiger partial charge in [0.15, 0.2) is 5.65 Å². The predicted octanol–water partition coefficient (Wildman–Crippen LogP) is 3.30. The summed E-state index contributed by atoms with van der Waals surface area (Å²) in [5, 5.41) is 4.14. The van der Waals surface area contributed by atoms with Crippen LogP contribution in [0.25, 0.3) is 28.3 Å². The van der Waals surface area contributed by atoms with Gasteiger partial charge in [-0.25, -0.2) is 18.9 Å². The third kappa shape index (κ3) is 2.34. The molecule has 0 bridgehead atoms. The van der Waals surface area contributed by atoms with E-state index in [4.69, 9.17) is 0 Å². The van der Waals surface area contributed by atoms with Crippen molar-refractivity contribution in [2.75, 3.05) is 0 Å². The maximum atomic E-state index is 13.5. The summed E-state index contributed by atoms with van der Waals surface area (Å²) >= 11 is 0. The van der Waals surface area contributed by atoms with Crippen LogP contribution in [0, 0.1) is 12.7 Å². The van der Waals surface area contributed by atoms with E-state index in [1.54, 1.807) is 29.9 Å². The molecule has 4 aromatic heterocycles. The minimum atomic E-state index is -0.329. The molecule has 23 heavy (non-hydrogen) atoms. The summed E-state index contributed by atoms with van der Waals surface area (Å²) in [6, 6.07) is 10.5. The standard InChI is InChI=1S/C17H12FN5/c1-11-13(18)4-5-15(21-11)17-12(3-2-8-19-17)14-7-10-23-16(22-14)6-9-20-23/h2-10H,1H3. The fraction of sp³-hybridized carbons (Fsp3) is 0.0588. The van der Waals surface area contributed by atoms with E-state index in [1.807, 2.05) is 30.5 Å². The maximum absolute atomic E-state index is 13.5. The third-order valence-corrected chi connectivity index (χ3v) is 3.61. The van der Waals surface area contributed by atoms with Crippen LogP contribution in [-0.4, -0.2) is 24.6 Å². The molecule has 0 aliphatic rings. The third-order valence-electron chi connectivity index (χ3n) is 3.61. The van der Waals surface area contributed by atoms with Gasteiger partial charge >= 0.3 is 0 Å². The fourth-order valence-electron chi connectivity index (χ4n) is 2.45. The number of halogens is 1. The molecule has 0 saturated heterocycles. The first-order valence-corrected chi connectivity index (χ1v) is 7.12. The highest BCUT2D eigenvalue weighted by molar-refractivity contribution is 5.77. The average Bonchev–Trinajstić information content (AvgIpc) is 3.05. The highest BCUT2D eigenvalue weighted by Crippen LogP contribution is 2.28. The van der Waals surface area contributed by atoms with Crippen LogP contribution in [0.5, 0.6) is 0 Å². The molecule has 0 atom stereocenters. The summed E-state index contributed by atoms with van der Waals surface area (Å²) < 4.78 is 15.2. The molecular formula is C17H12FN5. The first-order valence-electron chi connectivity index (χ1n) is 7.12. The number of pyridine rings is 2. The number of hydrogen-bond donors (Lipinski definition) is 0. The predicted molar refractivity (Wildman–Crippen MR) is 84.1 cm³/mol. The molecule has 6 heteroatoms. The number of aryl methyl sites for hydroxylation is 1. The summed E-state index contributed by atoms with van der Waals surface area (Å²) in [5.41, 5.74) is 4.00.